The summed E-state index contributed by atoms with van der Waals surface area (Å²) in [4.78, 5) is 4.68. The molecule has 0 aliphatic rings. The third kappa shape index (κ3) is 1.27. The molecule has 3 heterocycles. The second-order valence-electron chi connectivity index (χ2n) is 3.39. The minimum absolute atomic E-state index is 0.264. The maximum Gasteiger partial charge on any atom is 0.284 e. The van der Waals surface area contributed by atoms with E-state index in [1.165, 1.54) is 0 Å². The molecule has 0 bridgehead atoms. The van der Waals surface area contributed by atoms with Gasteiger partial charge in [-0.3, -0.25) is 4.40 Å². The van der Waals surface area contributed by atoms with Crippen molar-refractivity contribution >= 4 is 17.9 Å². The Morgan fingerprint density at radius 2 is 2.31 bits per heavy atom. The van der Waals surface area contributed by atoms with Gasteiger partial charge in [-0.1, -0.05) is 6.07 Å². The third-order valence-corrected chi connectivity index (χ3v) is 2.52. The van der Waals surface area contributed by atoms with Crippen LogP contribution in [0.1, 0.15) is 5.69 Å². The molecule has 0 amide bonds. The largest absolute Gasteiger partial charge is 0.408 e. The summed E-state index contributed by atoms with van der Waals surface area (Å²) in [5, 5.41) is 6.62. The van der Waals surface area contributed by atoms with E-state index in [1.54, 1.807) is 0 Å². The predicted octanol–water partition coefficient (Wildman–Crippen LogP) is 2.36. The Hall–Kier alpha value is -1.95. The molecule has 0 unspecified atom stereocenters. The second-order valence-corrected chi connectivity index (χ2v) is 3.76. The van der Waals surface area contributed by atoms with Crippen molar-refractivity contribution < 1.29 is 4.42 Å². The molecule has 0 saturated heterocycles. The first-order chi connectivity index (χ1) is 7.75. The zero-order chi connectivity index (χ0) is 11.1. The van der Waals surface area contributed by atoms with Gasteiger partial charge in [0.25, 0.3) is 10.7 Å². The van der Waals surface area contributed by atoms with Gasteiger partial charge in [-0.25, -0.2) is 10.1 Å². The van der Waals surface area contributed by atoms with Crippen molar-refractivity contribution in [1.29, 1.82) is 0 Å². The van der Waals surface area contributed by atoms with Crippen molar-refractivity contribution in [2.75, 3.05) is 0 Å². The minimum Gasteiger partial charge on any atom is -0.408 e. The summed E-state index contributed by atoms with van der Waals surface area (Å²) in [6.45, 7) is 1.91. The molecule has 0 aromatic carbocycles. The Bertz CT molecular complexity index is 709. The van der Waals surface area contributed by atoms with Crippen LogP contribution in [0.5, 0.6) is 0 Å². The summed E-state index contributed by atoms with van der Waals surface area (Å²) < 4.78 is 7.22. The van der Waals surface area contributed by atoms with Gasteiger partial charge in [-0.05, 0) is 31.3 Å². The Morgan fingerprint density at radius 1 is 1.44 bits per heavy atom. The third-order valence-electron chi connectivity index (χ3n) is 2.34. The van der Waals surface area contributed by atoms with E-state index in [0.29, 0.717) is 5.89 Å². The van der Waals surface area contributed by atoms with Crippen LogP contribution >= 0.6 is 12.2 Å². The number of aryl methyl sites for hydroxylation is 1. The first-order valence-electron chi connectivity index (χ1n) is 4.75. The molecule has 5 nitrogen and oxygen atoms in total. The standard InChI is InChI=1S/C10H8N4OS/c1-6-8(9-12-13-10(16)15-9)14-5-3-2-4-7(14)11-6/h2-5H,1H3,(H,13,16). The van der Waals surface area contributed by atoms with Crippen LogP contribution in [0.3, 0.4) is 0 Å². The van der Waals surface area contributed by atoms with E-state index in [0.717, 1.165) is 17.0 Å². The summed E-state index contributed by atoms with van der Waals surface area (Å²) in [5.74, 6) is 0.459. The van der Waals surface area contributed by atoms with E-state index in [4.69, 9.17) is 16.6 Å². The zero-order valence-electron chi connectivity index (χ0n) is 8.47. The molecule has 3 aromatic heterocycles. The number of aromatic nitrogens is 4. The highest BCUT2D eigenvalue weighted by Crippen LogP contribution is 2.22. The van der Waals surface area contributed by atoms with Gasteiger partial charge in [-0.15, -0.1) is 5.10 Å². The number of rotatable bonds is 1. The fourth-order valence-electron chi connectivity index (χ4n) is 1.70. The average molecular weight is 232 g/mol. The Labute approximate surface area is 95.8 Å². The smallest absolute Gasteiger partial charge is 0.284 e. The Kier molecular flexibility index (Phi) is 1.90. The van der Waals surface area contributed by atoms with Gasteiger partial charge in [0.05, 0.1) is 5.69 Å². The van der Waals surface area contributed by atoms with E-state index in [-0.39, 0.29) is 4.84 Å². The van der Waals surface area contributed by atoms with E-state index < -0.39 is 0 Å². The number of pyridine rings is 1. The lowest BCUT2D eigenvalue weighted by molar-refractivity contribution is 0.549. The molecular formula is C10H8N4OS. The lowest BCUT2D eigenvalue weighted by Crippen LogP contribution is -1.88. The van der Waals surface area contributed by atoms with E-state index in [1.807, 2.05) is 35.7 Å². The first-order valence-corrected chi connectivity index (χ1v) is 5.16. The molecule has 16 heavy (non-hydrogen) atoms. The highest BCUT2D eigenvalue weighted by molar-refractivity contribution is 7.71. The quantitative estimate of drug-likeness (QED) is 0.654. The fourth-order valence-corrected chi connectivity index (χ4v) is 1.83. The van der Waals surface area contributed by atoms with Crippen molar-refractivity contribution in [2.45, 2.75) is 6.92 Å². The van der Waals surface area contributed by atoms with Crippen LogP contribution in [0.15, 0.2) is 28.8 Å². The molecular weight excluding hydrogens is 224 g/mol. The van der Waals surface area contributed by atoms with Crippen molar-refractivity contribution in [2.24, 2.45) is 0 Å². The van der Waals surface area contributed by atoms with Crippen molar-refractivity contribution in [3.05, 3.63) is 34.9 Å². The van der Waals surface area contributed by atoms with E-state index in [9.17, 15) is 0 Å². The lowest BCUT2D eigenvalue weighted by atomic mass is 10.3. The molecule has 0 spiro atoms. The van der Waals surface area contributed by atoms with Crippen LogP contribution in [0.2, 0.25) is 0 Å². The Morgan fingerprint density at radius 3 is 3.06 bits per heavy atom. The van der Waals surface area contributed by atoms with Gasteiger partial charge in [0.1, 0.15) is 11.3 Å². The summed E-state index contributed by atoms with van der Waals surface area (Å²) in [7, 11) is 0. The monoisotopic (exact) mass is 232 g/mol. The van der Waals surface area contributed by atoms with Crippen LogP contribution in [-0.4, -0.2) is 19.6 Å². The number of H-pyrrole nitrogens is 1. The fraction of sp³-hybridized carbons (Fsp3) is 0.100. The topological polar surface area (TPSA) is 59.1 Å². The molecule has 0 atom stereocenters. The number of fused-ring (bicyclic) bond motifs is 1. The van der Waals surface area contributed by atoms with Gasteiger partial charge in [0, 0.05) is 6.20 Å². The molecule has 0 aliphatic carbocycles. The number of hydrogen-bond donors (Lipinski definition) is 1. The van der Waals surface area contributed by atoms with Crippen LogP contribution in [0.25, 0.3) is 17.2 Å². The molecule has 0 fully saturated rings. The lowest BCUT2D eigenvalue weighted by Gasteiger charge is -1.96. The highest BCUT2D eigenvalue weighted by Gasteiger charge is 2.14. The first kappa shape index (κ1) is 9.29. The number of nitrogens with zero attached hydrogens (tertiary/aromatic N) is 3. The second kappa shape index (κ2) is 3.28. The highest BCUT2D eigenvalue weighted by atomic mass is 32.1. The number of imidazole rings is 1. The molecule has 6 heteroatoms. The molecule has 80 valence electrons. The van der Waals surface area contributed by atoms with Gasteiger partial charge in [0.2, 0.25) is 0 Å². The summed E-state index contributed by atoms with van der Waals surface area (Å²) in [6.07, 6.45) is 1.91. The number of aromatic amines is 1. The van der Waals surface area contributed by atoms with Crippen LogP contribution in [0.4, 0.5) is 0 Å². The SMILES string of the molecule is Cc1nc2ccccn2c1-c1n[nH]c(=S)o1. The van der Waals surface area contributed by atoms with E-state index in [2.05, 4.69) is 15.2 Å². The molecule has 1 N–H and O–H groups in total. The average Bonchev–Trinajstić information content (AvgIpc) is 2.80. The molecule has 0 saturated carbocycles. The van der Waals surface area contributed by atoms with Crippen molar-refractivity contribution in [3.8, 4) is 11.6 Å². The zero-order valence-corrected chi connectivity index (χ0v) is 9.28. The Balaban J connectivity index is 2.38. The van der Waals surface area contributed by atoms with Crippen molar-refractivity contribution in [1.82, 2.24) is 19.6 Å². The van der Waals surface area contributed by atoms with Gasteiger partial charge in [-0.2, -0.15) is 0 Å². The maximum absolute atomic E-state index is 5.30. The summed E-state index contributed by atoms with van der Waals surface area (Å²) in [5.41, 5.74) is 2.54. The number of hydrogen-bond acceptors (Lipinski definition) is 4. The van der Waals surface area contributed by atoms with Crippen molar-refractivity contribution in [3.63, 3.8) is 0 Å². The van der Waals surface area contributed by atoms with Gasteiger partial charge >= 0.3 is 0 Å². The normalized spacial score (nSPS) is 11.1. The van der Waals surface area contributed by atoms with Gasteiger partial charge in [0.15, 0.2) is 0 Å². The van der Waals surface area contributed by atoms with Crippen LogP contribution < -0.4 is 0 Å². The van der Waals surface area contributed by atoms with E-state index >= 15 is 0 Å². The predicted molar refractivity (Wildman–Crippen MR) is 60.6 cm³/mol. The summed E-state index contributed by atoms with van der Waals surface area (Å²) >= 11 is 4.86. The maximum atomic E-state index is 5.30. The summed E-state index contributed by atoms with van der Waals surface area (Å²) in [6, 6.07) is 5.79. The molecule has 3 aromatic rings. The minimum atomic E-state index is 0.264. The van der Waals surface area contributed by atoms with Crippen LogP contribution in [0, 0.1) is 11.8 Å². The molecule has 0 aliphatic heterocycles. The molecule has 0 radical (unpaired) electrons. The molecule has 3 rings (SSSR count). The van der Waals surface area contributed by atoms with Crippen LogP contribution in [-0.2, 0) is 0 Å². The number of nitrogens with one attached hydrogen (secondary N) is 1. The van der Waals surface area contributed by atoms with Gasteiger partial charge < -0.3 is 4.42 Å².